The van der Waals surface area contributed by atoms with Crippen LogP contribution < -0.4 is 5.32 Å². The molecule has 2 heterocycles. The molecule has 1 fully saturated rings. The van der Waals surface area contributed by atoms with Gasteiger partial charge >= 0.3 is 12.0 Å². The van der Waals surface area contributed by atoms with E-state index in [1.54, 1.807) is 6.92 Å². The number of carbonyl (C=O) groups excluding carboxylic acids is 1. The van der Waals surface area contributed by atoms with Gasteiger partial charge in [-0.25, -0.2) is 9.59 Å². The van der Waals surface area contributed by atoms with Gasteiger partial charge in [-0.05, 0) is 13.3 Å². The lowest BCUT2D eigenvalue weighted by molar-refractivity contribution is -0.141. The van der Waals surface area contributed by atoms with Gasteiger partial charge in [0.25, 0.3) is 0 Å². The molecular weight excluding hydrogens is 300 g/mol. The van der Waals surface area contributed by atoms with Crippen molar-refractivity contribution in [3.05, 3.63) is 5.01 Å². The summed E-state index contributed by atoms with van der Waals surface area (Å²) in [7, 11) is 0. The zero-order valence-corrected chi connectivity index (χ0v) is 12.8. The van der Waals surface area contributed by atoms with Crippen molar-refractivity contribution < 1.29 is 14.7 Å². The van der Waals surface area contributed by atoms with Gasteiger partial charge in [-0.15, -0.1) is 22.0 Å². The lowest BCUT2D eigenvalue weighted by atomic mass is 10.2. The largest absolute Gasteiger partial charge is 0.480 e. The fourth-order valence-corrected chi connectivity index (χ4v) is 4.09. The summed E-state index contributed by atoms with van der Waals surface area (Å²) in [5, 5.41) is 20.5. The fraction of sp³-hybridized carbons (Fsp3) is 0.636. The first kappa shape index (κ1) is 15.0. The Hall–Kier alpha value is -1.35. The SMILES string of the molecule is CCCC1SCC(C(=O)O)N1C(=O)Nc1nnc(C)s1. The number of hydrogen-bond donors (Lipinski definition) is 2. The maximum atomic E-state index is 12.3. The highest BCUT2D eigenvalue weighted by atomic mass is 32.2. The Morgan fingerprint density at radius 2 is 2.25 bits per heavy atom. The van der Waals surface area contributed by atoms with Crippen LogP contribution in [0, 0.1) is 6.92 Å². The number of nitrogens with one attached hydrogen (secondary N) is 1. The first-order valence-corrected chi connectivity index (χ1v) is 8.13. The van der Waals surface area contributed by atoms with Crippen molar-refractivity contribution in [2.45, 2.75) is 38.1 Å². The summed E-state index contributed by atoms with van der Waals surface area (Å²) in [5.74, 6) is -0.553. The summed E-state index contributed by atoms with van der Waals surface area (Å²) < 4.78 is 0. The molecule has 2 N–H and O–H groups in total. The highest BCUT2D eigenvalue weighted by Crippen LogP contribution is 2.33. The van der Waals surface area contributed by atoms with Crippen LogP contribution in [0.1, 0.15) is 24.8 Å². The predicted molar refractivity (Wildman–Crippen MR) is 78.1 cm³/mol. The van der Waals surface area contributed by atoms with E-state index < -0.39 is 18.0 Å². The molecule has 0 aliphatic carbocycles. The molecule has 0 radical (unpaired) electrons. The molecule has 1 saturated heterocycles. The van der Waals surface area contributed by atoms with Gasteiger partial charge in [0.1, 0.15) is 11.0 Å². The van der Waals surface area contributed by atoms with E-state index in [1.807, 2.05) is 6.92 Å². The average Bonchev–Trinajstić information content (AvgIpc) is 2.96. The lowest BCUT2D eigenvalue weighted by Crippen LogP contribution is -2.47. The Morgan fingerprint density at radius 1 is 1.50 bits per heavy atom. The molecule has 2 atom stereocenters. The molecule has 7 nitrogen and oxygen atoms in total. The fourth-order valence-electron chi connectivity index (χ4n) is 2.00. The van der Waals surface area contributed by atoms with Crippen LogP contribution in [-0.4, -0.2) is 49.4 Å². The molecule has 1 aromatic rings. The van der Waals surface area contributed by atoms with Crippen LogP contribution in [0.4, 0.5) is 9.93 Å². The maximum Gasteiger partial charge on any atom is 0.327 e. The molecule has 0 aromatic carbocycles. The van der Waals surface area contributed by atoms with Gasteiger partial charge in [0.2, 0.25) is 5.13 Å². The Kier molecular flexibility index (Phi) is 4.81. The quantitative estimate of drug-likeness (QED) is 0.882. The molecule has 1 aromatic heterocycles. The van der Waals surface area contributed by atoms with Crippen molar-refractivity contribution in [2.24, 2.45) is 0 Å². The van der Waals surface area contributed by atoms with Crippen molar-refractivity contribution in [1.29, 1.82) is 0 Å². The molecule has 2 unspecified atom stereocenters. The van der Waals surface area contributed by atoms with Crippen molar-refractivity contribution >= 4 is 40.2 Å². The average molecular weight is 316 g/mol. The second-order valence-electron chi connectivity index (χ2n) is 4.39. The standard InChI is InChI=1S/C11H16N4O3S2/c1-3-4-8-15(7(5-19-8)9(16)17)11(18)12-10-14-13-6(2)20-10/h7-8H,3-5H2,1-2H3,(H,16,17)(H,12,14,18). The summed E-state index contributed by atoms with van der Waals surface area (Å²) in [6, 6.07) is -1.21. The van der Waals surface area contributed by atoms with Gasteiger partial charge in [0.15, 0.2) is 0 Å². The monoisotopic (exact) mass is 316 g/mol. The van der Waals surface area contributed by atoms with Crippen LogP contribution >= 0.6 is 23.1 Å². The molecular formula is C11H16N4O3S2. The molecule has 1 aliphatic rings. The zero-order chi connectivity index (χ0) is 14.7. The number of aliphatic carboxylic acids is 1. The number of amides is 2. The number of urea groups is 1. The van der Waals surface area contributed by atoms with E-state index in [4.69, 9.17) is 0 Å². The number of carboxylic acid groups (broad SMARTS) is 1. The van der Waals surface area contributed by atoms with Gasteiger partial charge in [-0.3, -0.25) is 10.2 Å². The molecule has 0 saturated carbocycles. The van der Waals surface area contributed by atoms with Crippen LogP contribution in [0.3, 0.4) is 0 Å². The molecule has 2 amide bonds. The number of nitrogens with zero attached hydrogens (tertiary/aromatic N) is 3. The van der Waals surface area contributed by atoms with E-state index >= 15 is 0 Å². The third-order valence-corrected chi connectivity index (χ3v) is 5.00. The number of carboxylic acids is 1. The van der Waals surface area contributed by atoms with Crippen LogP contribution in [0.5, 0.6) is 0 Å². The highest BCUT2D eigenvalue weighted by Gasteiger charge is 2.41. The summed E-state index contributed by atoms with van der Waals surface area (Å²) >= 11 is 2.77. The number of carbonyl (C=O) groups is 2. The van der Waals surface area contributed by atoms with Crippen LogP contribution in [0.25, 0.3) is 0 Å². The smallest absolute Gasteiger partial charge is 0.327 e. The van der Waals surface area contributed by atoms with Crippen LogP contribution in [0.2, 0.25) is 0 Å². The van der Waals surface area contributed by atoms with E-state index in [0.29, 0.717) is 10.9 Å². The lowest BCUT2D eigenvalue weighted by Gasteiger charge is -2.26. The number of thioether (sulfide) groups is 1. The zero-order valence-electron chi connectivity index (χ0n) is 11.2. The Bertz CT molecular complexity index is 508. The first-order chi connectivity index (χ1) is 9.52. The number of aromatic nitrogens is 2. The van der Waals surface area contributed by atoms with Crippen molar-refractivity contribution in [3.63, 3.8) is 0 Å². The number of aryl methyl sites for hydroxylation is 1. The van der Waals surface area contributed by atoms with Gasteiger partial charge in [-0.1, -0.05) is 24.7 Å². The van der Waals surface area contributed by atoms with Gasteiger partial charge in [0, 0.05) is 5.75 Å². The molecule has 1 aliphatic heterocycles. The summed E-state index contributed by atoms with van der Waals surface area (Å²) in [4.78, 5) is 25.0. The summed E-state index contributed by atoms with van der Waals surface area (Å²) in [5.41, 5.74) is 0. The Labute approximate surface area is 124 Å². The molecule has 20 heavy (non-hydrogen) atoms. The summed E-state index contributed by atoms with van der Waals surface area (Å²) in [6.07, 6.45) is 1.67. The third-order valence-electron chi connectivity index (χ3n) is 2.89. The molecule has 2 rings (SSSR count). The van der Waals surface area contributed by atoms with Crippen molar-refractivity contribution in [3.8, 4) is 0 Å². The minimum atomic E-state index is -0.973. The third kappa shape index (κ3) is 3.21. The van der Waals surface area contributed by atoms with Crippen molar-refractivity contribution in [2.75, 3.05) is 11.1 Å². The molecule has 110 valence electrons. The van der Waals surface area contributed by atoms with E-state index in [1.165, 1.54) is 28.0 Å². The predicted octanol–water partition coefficient (Wildman–Crippen LogP) is 2.01. The molecule has 0 bridgehead atoms. The molecule has 9 heteroatoms. The Balaban J connectivity index is 2.12. The first-order valence-electron chi connectivity index (χ1n) is 6.26. The topological polar surface area (TPSA) is 95.4 Å². The Morgan fingerprint density at radius 3 is 2.80 bits per heavy atom. The second kappa shape index (κ2) is 6.40. The van der Waals surface area contributed by atoms with E-state index in [9.17, 15) is 14.7 Å². The van der Waals surface area contributed by atoms with E-state index in [0.717, 1.165) is 17.8 Å². The van der Waals surface area contributed by atoms with Gasteiger partial charge in [0.05, 0.1) is 5.37 Å². The van der Waals surface area contributed by atoms with Gasteiger partial charge < -0.3 is 5.11 Å². The number of hydrogen-bond acceptors (Lipinski definition) is 6. The maximum absolute atomic E-state index is 12.3. The minimum Gasteiger partial charge on any atom is -0.480 e. The van der Waals surface area contributed by atoms with E-state index in [2.05, 4.69) is 15.5 Å². The normalized spacial score (nSPS) is 22.0. The number of anilines is 1. The summed E-state index contributed by atoms with van der Waals surface area (Å²) in [6.45, 7) is 3.80. The number of rotatable bonds is 4. The van der Waals surface area contributed by atoms with Crippen LogP contribution in [-0.2, 0) is 4.79 Å². The van der Waals surface area contributed by atoms with Gasteiger partial charge in [-0.2, -0.15) is 0 Å². The van der Waals surface area contributed by atoms with Crippen molar-refractivity contribution in [1.82, 2.24) is 15.1 Å². The van der Waals surface area contributed by atoms with E-state index in [-0.39, 0.29) is 5.37 Å². The minimum absolute atomic E-state index is 0.102. The molecule has 0 spiro atoms. The highest BCUT2D eigenvalue weighted by molar-refractivity contribution is 8.00. The second-order valence-corrected chi connectivity index (χ2v) is 6.79. The van der Waals surface area contributed by atoms with Crippen LogP contribution in [0.15, 0.2) is 0 Å².